The molecule has 1 heterocycles. The zero-order valence-electron chi connectivity index (χ0n) is 19.9. The van der Waals surface area contributed by atoms with Crippen LogP contribution in [0, 0.1) is 0 Å². The van der Waals surface area contributed by atoms with Crippen LogP contribution in [0.5, 0.6) is 0 Å². The van der Waals surface area contributed by atoms with Gasteiger partial charge in [-0.2, -0.15) is 0 Å². The molecule has 0 radical (unpaired) electrons. The molecular formula is C33H29NO3. The maximum atomic E-state index is 11.9. The molecule has 1 aromatic heterocycles. The molecule has 184 valence electrons. The predicted molar refractivity (Wildman–Crippen MR) is 151 cm³/mol. The molecule has 0 amide bonds. The Bertz CT molecular complexity index is 1440. The fraction of sp³-hybridized carbons (Fsp3) is 0.0909. The Morgan fingerprint density at radius 1 is 0.757 bits per heavy atom. The normalized spacial score (nSPS) is 10.7. The molecular weight excluding hydrogens is 458 g/mol. The molecule has 0 saturated heterocycles. The van der Waals surface area contributed by atoms with E-state index in [1.807, 2.05) is 109 Å². The second-order valence-electron chi connectivity index (χ2n) is 8.15. The van der Waals surface area contributed by atoms with Crippen LogP contribution < -0.4 is 0 Å². The summed E-state index contributed by atoms with van der Waals surface area (Å²) in [7, 11) is 0. The minimum atomic E-state index is -0.367. The lowest BCUT2D eigenvalue weighted by molar-refractivity contribution is -0.137. The van der Waals surface area contributed by atoms with E-state index < -0.39 is 0 Å². The number of hydrogen-bond donors (Lipinski definition) is 0. The number of esters is 1. The zero-order chi connectivity index (χ0) is 24.7. The summed E-state index contributed by atoms with van der Waals surface area (Å²) >= 11 is 0. The summed E-state index contributed by atoms with van der Waals surface area (Å²) < 4.78 is 11.5. The molecule has 4 heteroatoms. The first-order chi connectivity index (χ1) is 17.7. The molecule has 5 aromatic rings. The average molecular weight is 488 g/mol. The summed E-state index contributed by atoms with van der Waals surface area (Å²) in [6.07, 6.45) is 3.24. The van der Waals surface area contributed by atoms with Gasteiger partial charge in [0.2, 0.25) is 5.89 Å². The largest absolute Gasteiger partial charge is 0.463 e. The highest BCUT2D eigenvalue weighted by Gasteiger charge is 2.20. The second-order valence-corrected chi connectivity index (χ2v) is 8.15. The lowest BCUT2D eigenvalue weighted by Crippen LogP contribution is -1.98. The SMILES string of the molecule is C.CCOC(=O)/C=C/c1ccccc1-c1ccccc1-c1nc(-c2ccccc2)c(-c2ccccc2)o1. The maximum absolute atomic E-state index is 11.9. The summed E-state index contributed by atoms with van der Waals surface area (Å²) in [5.41, 5.74) is 6.44. The van der Waals surface area contributed by atoms with E-state index in [0.717, 1.165) is 44.8 Å². The molecule has 37 heavy (non-hydrogen) atoms. The van der Waals surface area contributed by atoms with Gasteiger partial charge in [0.15, 0.2) is 5.76 Å². The Balaban J connectivity index is 0.00000320. The van der Waals surface area contributed by atoms with Gasteiger partial charge in [-0.25, -0.2) is 9.78 Å². The van der Waals surface area contributed by atoms with Crippen molar-refractivity contribution in [2.75, 3.05) is 6.61 Å². The molecule has 0 aliphatic rings. The number of aromatic nitrogens is 1. The van der Waals surface area contributed by atoms with Crippen molar-refractivity contribution >= 4 is 12.0 Å². The number of carbonyl (C=O) groups is 1. The van der Waals surface area contributed by atoms with Crippen molar-refractivity contribution in [3.05, 3.63) is 121 Å². The van der Waals surface area contributed by atoms with Gasteiger partial charge in [0.1, 0.15) is 5.69 Å². The fourth-order valence-electron chi connectivity index (χ4n) is 4.15. The minimum absolute atomic E-state index is 0. The monoisotopic (exact) mass is 487 g/mol. The van der Waals surface area contributed by atoms with Crippen molar-refractivity contribution in [2.24, 2.45) is 0 Å². The van der Waals surface area contributed by atoms with E-state index in [4.69, 9.17) is 14.1 Å². The summed E-state index contributed by atoms with van der Waals surface area (Å²) in [6, 6.07) is 36.0. The van der Waals surface area contributed by atoms with E-state index in [2.05, 4.69) is 0 Å². The maximum Gasteiger partial charge on any atom is 0.330 e. The van der Waals surface area contributed by atoms with E-state index >= 15 is 0 Å². The van der Waals surface area contributed by atoms with Crippen LogP contribution in [0.25, 0.3) is 51.2 Å². The molecule has 4 aromatic carbocycles. The molecule has 4 nitrogen and oxygen atoms in total. The van der Waals surface area contributed by atoms with Crippen LogP contribution in [0.4, 0.5) is 0 Å². The summed E-state index contributed by atoms with van der Waals surface area (Å²) in [5, 5.41) is 0. The van der Waals surface area contributed by atoms with Crippen LogP contribution in [0.1, 0.15) is 19.9 Å². The van der Waals surface area contributed by atoms with Crippen LogP contribution in [-0.2, 0) is 9.53 Å². The first kappa shape index (κ1) is 25.4. The molecule has 0 fully saturated rings. The Morgan fingerprint density at radius 3 is 2.00 bits per heavy atom. The van der Waals surface area contributed by atoms with Crippen molar-refractivity contribution in [3.63, 3.8) is 0 Å². The molecule has 5 rings (SSSR count). The first-order valence-electron chi connectivity index (χ1n) is 11.9. The zero-order valence-corrected chi connectivity index (χ0v) is 19.9. The van der Waals surface area contributed by atoms with Gasteiger partial charge in [-0.3, -0.25) is 0 Å². The van der Waals surface area contributed by atoms with Crippen LogP contribution in [0.15, 0.2) is 120 Å². The Labute approximate surface area is 217 Å². The predicted octanol–water partition coefficient (Wildman–Crippen LogP) is 8.56. The molecule has 0 unspecified atom stereocenters. The third-order valence-corrected chi connectivity index (χ3v) is 5.80. The summed E-state index contributed by atoms with van der Waals surface area (Å²) in [5.74, 6) is 0.892. The number of benzene rings is 4. The summed E-state index contributed by atoms with van der Waals surface area (Å²) in [4.78, 5) is 16.9. The Kier molecular flexibility index (Phi) is 8.11. The first-order valence-corrected chi connectivity index (χ1v) is 11.9. The number of ether oxygens (including phenoxy) is 1. The van der Waals surface area contributed by atoms with Crippen molar-refractivity contribution in [1.82, 2.24) is 4.98 Å². The van der Waals surface area contributed by atoms with Crippen molar-refractivity contribution in [1.29, 1.82) is 0 Å². The Hall–Kier alpha value is -4.70. The number of nitrogens with zero attached hydrogens (tertiary/aromatic N) is 1. The van der Waals surface area contributed by atoms with E-state index in [0.29, 0.717) is 12.5 Å². The van der Waals surface area contributed by atoms with Crippen LogP contribution in [-0.4, -0.2) is 17.6 Å². The molecule has 0 bridgehead atoms. The average Bonchev–Trinajstić information content (AvgIpc) is 3.39. The molecule has 0 spiro atoms. The third kappa shape index (κ3) is 5.60. The van der Waals surface area contributed by atoms with E-state index in [-0.39, 0.29) is 13.4 Å². The lowest BCUT2D eigenvalue weighted by atomic mass is 9.95. The highest BCUT2D eigenvalue weighted by Crippen LogP contribution is 2.39. The van der Waals surface area contributed by atoms with Gasteiger partial charge < -0.3 is 9.15 Å². The van der Waals surface area contributed by atoms with Crippen LogP contribution in [0.3, 0.4) is 0 Å². The van der Waals surface area contributed by atoms with Crippen molar-refractivity contribution in [3.8, 4) is 45.2 Å². The Morgan fingerprint density at radius 2 is 1.32 bits per heavy atom. The van der Waals surface area contributed by atoms with Crippen LogP contribution >= 0.6 is 0 Å². The molecule has 0 N–H and O–H groups in total. The molecule has 0 saturated carbocycles. The summed E-state index contributed by atoms with van der Waals surface area (Å²) in [6.45, 7) is 2.13. The third-order valence-electron chi connectivity index (χ3n) is 5.80. The number of hydrogen-bond acceptors (Lipinski definition) is 4. The van der Waals surface area contributed by atoms with Gasteiger partial charge in [-0.05, 0) is 35.8 Å². The van der Waals surface area contributed by atoms with E-state index in [1.165, 1.54) is 6.08 Å². The quantitative estimate of drug-likeness (QED) is 0.170. The molecule has 0 aliphatic heterocycles. The topological polar surface area (TPSA) is 52.3 Å². The van der Waals surface area contributed by atoms with Gasteiger partial charge >= 0.3 is 5.97 Å². The second kappa shape index (κ2) is 11.8. The number of carbonyl (C=O) groups excluding carboxylic acids is 1. The van der Waals surface area contributed by atoms with Gasteiger partial charge in [0, 0.05) is 22.8 Å². The molecule has 0 aliphatic carbocycles. The van der Waals surface area contributed by atoms with Gasteiger partial charge in [0.25, 0.3) is 0 Å². The van der Waals surface area contributed by atoms with Crippen molar-refractivity contribution < 1.29 is 13.9 Å². The minimum Gasteiger partial charge on any atom is -0.463 e. The highest BCUT2D eigenvalue weighted by atomic mass is 16.5. The highest BCUT2D eigenvalue weighted by molar-refractivity contribution is 5.91. The standard InChI is InChI=1S/C32H25NO3.CH4/c1-2-35-29(34)22-21-23-13-9-10-18-26(23)27-19-11-12-20-28(27)32-33-30(24-14-5-3-6-15-24)31(36-32)25-16-7-4-8-17-25;/h3-22H,2H2,1H3;1H4/b22-21+;. The van der Waals surface area contributed by atoms with Gasteiger partial charge in [0.05, 0.1) is 6.61 Å². The van der Waals surface area contributed by atoms with Gasteiger partial charge in [-0.1, -0.05) is 111 Å². The van der Waals surface area contributed by atoms with E-state index in [9.17, 15) is 4.79 Å². The fourth-order valence-corrected chi connectivity index (χ4v) is 4.15. The number of oxazole rings is 1. The smallest absolute Gasteiger partial charge is 0.330 e. The van der Waals surface area contributed by atoms with Crippen LogP contribution in [0.2, 0.25) is 0 Å². The van der Waals surface area contributed by atoms with E-state index in [1.54, 1.807) is 13.0 Å². The molecule has 0 atom stereocenters. The van der Waals surface area contributed by atoms with Crippen molar-refractivity contribution in [2.45, 2.75) is 14.4 Å². The number of rotatable bonds is 7. The lowest BCUT2D eigenvalue weighted by Gasteiger charge is -2.10. The van der Waals surface area contributed by atoms with Gasteiger partial charge in [-0.15, -0.1) is 0 Å².